The molecule has 0 aromatic rings. The minimum Gasteiger partial charge on any atom is -0.550 e. The quantitative estimate of drug-likeness (QED) is 0.566. The highest BCUT2D eigenvalue weighted by molar-refractivity contribution is 5.79. The zero-order valence-corrected chi connectivity index (χ0v) is 5.88. The van der Waals surface area contributed by atoms with E-state index in [0.29, 0.717) is 0 Å². The summed E-state index contributed by atoms with van der Waals surface area (Å²) in [6.07, 6.45) is -0.456. The number of rotatable bonds is 3. The van der Waals surface area contributed by atoms with Crippen molar-refractivity contribution in [1.29, 1.82) is 0 Å². The van der Waals surface area contributed by atoms with Crippen molar-refractivity contribution in [2.45, 2.75) is 20.3 Å². The molecule has 0 radical (unpaired) electrons. The van der Waals surface area contributed by atoms with Crippen molar-refractivity contribution in [3.63, 3.8) is 0 Å². The van der Waals surface area contributed by atoms with E-state index in [4.69, 9.17) is 5.11 Å². The van der Waals surface area contributed by atoms with Gasteiger partial charge in [0.2, 0.25) is 0 Å². The zero-order chi connectivity index (χ0) is 8.36. The second-order valence-corrected chi connectivity index (χ2v) is 2.74. The van der Waals surface area contributed by atoms with Crippen LogP contribution >= 0.6 is 0 Å². The number of hydrogen-bond donors (Lipinski definition) is 1. The molecule has 0 amide bonds. The zero-order valence-electron chi connectivity index (χ0n) is 5.88. The molecule has 1 N–H and O–H groups in total. The number of carbonyl (C=O) groups is 2. The van der Waals surface area contributed by atoms with E-state index in [1.54, 1.807) is 0 Å². The highest BCUT2D eigenvalue weighted by Gasteiger charge is 2.26. The molecule has 0 aromatic heterocycles. The molecule has 0 spiro atoms. The van der Waals surface area contributed by atoms with Gasteiger partial charge < -0.3 is 15.0 Å². The average Bonchev–Trinajstić information content (AvgIpc) is 1.60. The number of aliphatic carboxylic acids is 2. The lowest BCUT2D eigenvalue weighted by Crippen LogP contribution is -2.33. The lowest BCUT2D eigenvalue weighted by molar-refractivity contribution is -0.307. The lowest BCUT2D eigenvalue weighted by Gasteiger charge is -2.18. The van der Waals surface area contributed by atoms with Crippen LogP contribution in [0.2, 0.25) is 0 Å². The summed E-state index contributed by atoms with van der Waals surface area (Å²) in [7, 11) is 0. The van der Waals surface area contributed by atoms with Crippen molar-refractivity contribution in [2.24, 2.45) is 5.41 Å². The van der Waals surface area contributed by atoms with Gasteiger partial charge >= 0.3 is 5.97 Å². The first-order valence-electron chi connectivity index (χ1n) is 2.79. The first-order chi connectivity index (χ1) is 4.36. The highest BCUT2D eigenvalue weighted by atomic mass is 16.4. The van der Waals surface area contributed by atoms with Crippen molar-refractivity contribution in [3.8, 4) is 0 Å². The monoisotopic (exact) mass is 145 g/mol. The van der Waals surface area contributed by atoms with Crippen LogP contribution in [0.3, 0.4) is 0 Å². The maximum absolute atomic E-state index is 10.3. The molecular weight excluding hydrogens is 136 g/mol. The van der Waals surface area contributed by atoms with Crippen molar-refractivity contribution < 1.29 is 19.8 Å². The average molecular weight is 145 g/mol. The minimum atomic E-state index is -1.34. The SMILES string of the molecule is CC(C)(CC(=O)[O-])C(=O)O. The smallest absolute Gasteiger partial charge is 0.309 e. The molecular formula is C6H9O4-. The summed E-state index contributed by atoms with van der Waals surface area (Å²) in [6.45, 7) is 2.68. The normalized spacial score (nSPS) is 11.0. The molecule has 58 valence electrons. The standard InChI is InChI=1S/C6H10O4/c1-6(2,5(9)10)3-4(7)8/h3H2,1-2H3,(H,7,8)(H,9,10)/p-1. The Morgan fingerprint density at radius 1 is 1.50 bits per heavy atom. The Labute approximate surface area is 58.5 Å². The Kier molecular flexibility index (Phi) is 2.40. The van der Waals surface area contributed by atoms with E-state index in [1.807, 2.05) is 0 Å². The van der Waals surface area contributed by atoms with Crippen LogP contribution in [0, 0.1) is 5.41 Å². The second kappa shape index (κ2) is 2.68. The predicted octanol–water partition coefficient (Wildman–Crippen LogP) is -0.763. The minimum absolute atomic E-state index is 0.456. The third-order valence-electron chi connectivity index (χ3n) is 1.17. The van der Waals surface area contributed by atoms with Gasteiger partial charge in [0.1, 0.15) is 0 Å². The van der Waals surface area contributed by atoms with Crippen LogP contribution in [0.25, 0.3) is 0 Å². The molecule has 0 aliphatic heterocycles. The maximum atomic E-state index is 10.3. The van der Waals surface area contributed by atoms with E-state index in [2.05, 4.69) is 0 Å². The Morgan fingerprint density at radius 3 is 2.00 bits per heavy atom. The maximum Gasteiger partial charge on any atom is 0.309 e. The summed E-state index contributed by atoms with van der Waals surface area (Å²) in [6, 6.07) is 0. The first-order valence-corrected chi connectivity index (χ1v) is 2.79. The van der Waals surface area contributed by atoms with Crippen molar-refractivity contribution in [2.75, 3.05) is 0 Å². The van der Waals surface area contributed by atoms with E-state index >= 15 is 0 Å². The molecule has 0 aliphatic rings. The van der Waals surface area contributed by atoms with Gasteiger partial charge in [0.25, 0.3) is 0 Å². The van der Waals surface area contributed by atoms with Gasteiger partial charge in [-0.25, -0.2) is 0 Å². The molecule has 0 aromatic carbocycles. The van der Waals surface area contributed by atoms with Gasteiger partial charge in [-0.2, -0.15) is 0 Å². The molecule has 0 bridgehead atoms. The molecule has 0 atom stereocenters. The first kappa shape index (κ1) is 8.94. The predicted molar refractivity (Wildman–Crippen MR) is 31.0 cm³/mol. The fourth-order valence-corrected chi connectivity index (χ4v) is 0.436. The molecule has 4 heteroatoms. The van der Waals surface area contributed by atoms with E-state index in [1.165, 1.54) is 13.8 Å². The van der Waals surface area contributed by atoms with E-state index in [0.717, 1.165) is 0 Å². The molecule has 0 saturated carbocycles. The van der Waals surface area contributed by atoms with Crippen LogP contribution in [0.4, 0.5) is 0 Å². The molecule has 4 nitrogen and oxygen atoms in total. The summed E-state index contributed by atoms with van der Waals surface area (Å²) in [5, 5.41) is 18.3. The van der Waals surface area contributed by atoms with Crippen molar-refractivity contribution in [1.82, 2.24) is 0 Å². The summed E-state index contributed by atoms with van der Waals surface area (Å²) >= 11 is 0. The van der Waals surface area contributed by atoms with Gasteiger partial charge in [-0.05, 0) is 13.8 Å². The molecule has 0 unspecified atom stereocenters. The highest BCUT2D eigenvalue weighted by Crippen LogP contribution is 2.18. The number of carbonyl (C=O) groups excluding carboxylic acids is 1. The Bertz CT molecular complexity index is 159. The van der Waals surface area contributed by atoms with Crippen LogP contribution < -0.4 is 5.11 Å². The van der Waals surface area contributed by atoms with E-state index in [9.17, 15) is 14.7 Å². The van der Waals surface area contributed by atoms with Gasteiger partial charge in [0.05, 0.1) is 5.41 Å². The molecule has 0 saturated heterocycles. The second-order valence-electron chi connectivity index (χ2n) is 2.74. The van der Waals surface area contributed by atoms with Crippen LogP contribution in [-0.2, 0) is 9.59 Å². The van der Waals surface area contributed by atoms with E-state index < -0.39 is 23.8 Å². The van der Waals surface area contributed by atoms with Crippen LogP contribution in [0.5, 0.6) is 0 Å². The van der Waals surface area contributed by atoms with Crippen LogP contribution in [0.15, 0.2) is 0 Å². The van der Waals surface area contributed by atoms with Gasteiger partial charge in [0, 0.05) is 12.4 Å². The van der Waals surface area contributed by atoms with Gasteiger partial charge in [-0.1, -0.05) is 0 Å². The fraction of sp³-hybridized carbons (Fsp3) is 0.667. The molecule has 0 rings (SSSR count). The summed E-state index contributed by atoms with van der Waals surface area (Å²) < 4.78 is 0. The fourth-order valence-electron chi connectivity index (χ4n) is 0.436. The van der Waals surface area contributed by atoms with Crippen molar-refractivity contribution in [3.05, 3.63) is 0 Å². The van der Waals surface area contributed by atoms with Gasteiger partial charge in [0.15, 0.2) is 0 Å². The number of carboxylic acids is 2. The van der Waals surface area contributed by atoms with Gasteiger partial charge in [-0.3, -0.25) is 4.79 Å². The van der Waals surface area contributed by atoms with Crippen molar-refractivity contribution >= 4 is 11.9 Å². The number of carboxylic acid groups (broad SMARTS) is 2. The third kappa shape index (κ3) is 2.48. The Hall–Kier alpha value is -1.06. The summed E-state index contributed by atoms with van der Waals surface area (Å²) in [5.74, 6) is -2.47. The molecule has 0 fully saturated rings. The largest absolute Gasteiger partial charge is 0.550 e. The molecule has 0 aliphatic carbocycles. The molecule has 10 heavy (non-hydrogen) atoms. The Morgan fingerprint density at radius 2 is 1.90 bits per heavy atom. The number of hydrogen-bond acceptors (Lipinski definition) is 3. The third-order valence-corrected chi connectivity index (χ3v) is 1.17. The van der Waals surface area contributed by atoms with Crippen LogP contribution in [-0.4, -0.2) is 17.0 Å². The van der Waals surface area contributed by atoms with E-state index in [-0.39, 0.29) is 0 Å². The van der Waals surface area contributed by atoms with Gasteiger partial charge in [-0.15, -0.1) is 0 Å². The lowest BCUT2D eigenvalue weighted by atomic mass is 9.90. The van der Waals surface area contributed by atoms with Crippen LogP contribution in [0.1, 0.15) is 20.3 Å². The topological polar surface area (TPSA) is 77.4 Å². The summed E-state index contributed by atoms with van der Waals surface area (Å²) in [5.41, 5.74) is -1.22. The Balaban J connectivity index is 4.13. The molecule has 0 heterocycles. The summed E-state index contributed by atoms with van der Waals surface area (Å²) in [4.78, 5) is 20.2.